The summed E-state index contributed by atoms with van der Waals surface area (Å²) in [5, 5.41) is 0. The number of carbonyl (C=O) groups is 1. The number of hydrogen-bond acceptors (Lipinski definition) is 1. The van der Waals surface area contributed by atoms with E-state index in [0.717, 1.165) is 19.3 Å². The number of carbonyl (C=O) groups excluding carboxylic acids is 1. The lowest BCUT2D eigenvalue weighted by Gasteiger charge is -1.93. The molecule has 0 bridgehead atoms. The summed E-state index contributed by atoms with van der Waals surface area (Å²) < 4.78 is 0. The maximum atomic E-state index is 10.7. The van der Waals surface area contributed by atoms with E-state index in [-0.39, 0.29) is 0 Å². The second kappa shape index (κ2) is 6.09. The fraction of sp³-hybridized carbons (Fsp3) is 0.857. The van der Waals surface area contributed by atoms with Gasteiger partial charge in [-0.1, -0.05) is 6.92 Å². The van der Waals surface area contributed by atoms with Crippen molar-refractivity contribution >= 4 is 17.4 Å². The molecular formula is C7H13ClO. The summed E-state index contributed by atoms with van der Waals surface area (Å²) in [4.78, 5) is 10.7. The highest BCUT2D eigenvalue weighted by molar-refractivity contribution is 6.17. The van der Waals surface area contributed by atoms with Crippen LogP contribution >= 0.6 is 11.6 Å². The molecule has 0 radical (unpaired) electrons. The third kappa shape index (κ3) is 5.84. The fourth-order valence-corrected chi connectivity index (χ4v) is 0.801. The van der Waals surface area contributed by atoms with Crippen LogP contribution in [-0.2, 0) is 4.79 Å². The molecule has 0 saturated carbocycles. The Morgan fingerprint density at radius 3 is 2.56 bits per heavy atom. The molecule has 0 aromatic rings. The van der Waals surface area contributed by atoms with Crippen LogP contribution in [0.5, 0.6) is 0 Å². The Balaban J connectivity index is 3.06. The molecule has 9 heavy (non-hydrogen) atoms. The molecule has 0 rings (SSSR count). The van der Waals surface area contributed by atoms with Crippen LogP contribution in [0.4, 0.5) is 0 Å². The Labute approximate surface area is 61.4 Å². The van der Waals surface area contributed by atoms with Crippen LogP contribution in [0.3, 0.4) is 0 Å². The summed E-state index contributed by atoms with van der Waals surface area (Å²) in [6.07, 6.45) is 3.18. The maximum absolute atomic E-state index is 10.7. The summed E-state index contributed by atoms with van der Waals surface area (Å²) in [7, 11) is 0. The summed E-state index contributed by atoms with van der Waals surface area (Å²) in [5.74, 6) is 0.952. The lowest BCUT2D eigenvalue weighted by Crippen LogP contribution is -1.96. The Morgan fingerprint density at radius 2 is 2.11 bits per heavy atom. The van der Waals surface area contributed by atoms with Crippen molar-refractivity contribution < 1.29 is 4.79 Å². The molecular weight excluding hydrogens is 136 g/mol. The largest absolute Gasteiger partial charge is 0.300 e. The molecule has 0 amide bonds. The van der Waals surface area contributed by atoms with Crippen LogP contribution in [0.2, 0.25) is 0 Å². The van der Waals surface area contributed by atoms with Gasteiger partial charge < -0.3 is 0 Å². The van der Waals surface area contributed by atoms with Gasteiger partial charge in [-0.05, 0) is 12.8 Å². The van der Waals surface area contributed by atoms with Gasteiger partial charge in [-0.2, -0.15) is 0 Å². The van der Waals surface area contributed by atoms with E-state index in [1.54, 1.807) is 0 Å². The zero-order valence-corrected chi connectivity index (χ0v) is 6.58. The standard InChI is InChI=1S/C7H13ClO/c1-2-4-7(9)5-3-6-8/h2-6H2,1H3. The Morgan fingerprint density at radius 1 is 1.44 bits per heavy atom. The van der Waals surface area contributed by atoms with E-state index in [1.807, 2.05) is 6.92 Å². The number of halogens is 1. The van der Waals surface area contributed by atoms with Crippen molar-refractivity contribution in [1.29, 1.82) is 0 Å². The Bertz CT molecular complexity index is 81.0. The van der Waals surface area contributed by atoms with Gasteiger partial charge in [0.25, 0.3) is 0 Å². The average Bonchev–Trinajstić information content (AvgIpc) is 1.85. The van der Waals surface area contributed by atoms with Crippen LogP contribution in [0, 0.1) is 0 Å². The van der Waals surface area contributed by atoms with Gasteiger partial charge in [0.1, 0.15) is 5.78 Å². The third-order valence-corrected chi connectivity index (χ3v) is 1.39. The fourth-order valence-electron chi connectivity index (χ4n) is 0.668. The zero-order valence-electron chi connectivity index (χ0n) is 5.82. The molecule has 0 N–H and O–H groups in total. The highest BCUT2D eigenvalue weighted by Gasteiger charge is 1.97. The summed E-state index contributed by atoms with van der Waals surface area (Å²) in [5.41, 5.74) is 0. The van der Waals surface area contributed by atoms with Gasteiger partial charge in [0.2, 0.25) is 0 Å². The van der Waals surface area contributed by atoms with Crippen molar-refractivity contribution in [2.45, 2.75) is 32.6 Å². The second-order valence-electron chi connectivity index (χ2n) is 2.08. The highest BCUT2D eigenvalue weighted by Crippen LogP contribution is 1.98. The van der Waals surface area contributed by atoms with E-state index in [9.17, 15) is 4.79 Å². The van der Waals surface area contributed by atoms with Crippen molar-refractivity contribution in [2.75, 3.05) is 5.88 Å². The van der Waals surface area contributed by atoms with Crippen LogP contribution < -0.4 is 0 Å². The average molecular weight is 149 g/mol. The maximum Gasteiger partial charge on any atom is 0.132 e. The van der Waals surface area contributed by atoms with Crippen LogP contribution in [0.15, 0.2) is 0 Å². The molecule has 0 fully saturated rings. The van der Waals surface area contributed by atoms with E-state index in [0.29, 0.717) is 18.1 Å². The number of ketones is 1. The van der Waals surface area contributed by atoms with Gasteiger partial charge in [-0.15, -0.1) is 11.6 Å². The Kier molecular flexibility index (Phi) is 6.06. The molecule has 0 aliphatic rings. The van der Waals surface area contributed by atoms with E-state index >= 15 is 0 Å². The molecule has 0 aromatic carbocycles. The van der Waals surface area contributed by atoms with E-state index in [1.165, 1.54) is 0 Å². The van der Waals surface area contributed by atoms with Crippen LogP contribution in [0.1, 0.15) is 32.6 Å². The number of alkyl halides is 1. The first-order chi connectivity index (χ1) is 4.31. The first-order valence-electron chi connectivity index (χ1n) is 3.39. The molecule has 0 aliphatic heterocycles. The SMILES string of the molecule is CCCC(=O)CCCCl. The lowest BCUT2D eigenvalue weighted by atomic mass is 10.1. The summed E-state index contributed by atoms with van der Waals surface area (Å²) >= 11 is 5.39. The van der Waals surface area contributed by atoms with Crippen LogP contribution in [-0.4, -0.2) is 11.7 Å². The summed E-state index contributed by atoms with van der Waals surface area (Å²) in [6.45, 7) is 2.01. The minimum Gasteiger partial charge on any atom is -0.300 e. The molecule has 0 aromatic heterocycles. The van der Waals surface area contributed by atoms with Gasteiger partial charge in [0.15, 0.2) is 0 Å². The second-order valence-corrected chi connectivity index (χ2v) is 2.46. The van der Waals surface area contributed by atoms with E-state index in [4.69, 9.17) is 11.6 Å². The third-order valence-electron chi connectivity index (χ3n) is 1.12. The molecule has 0 unspecified atom stereocenters. The molecule has 1 nitrogen and oxygen atoms in total. The molecule has 0 atom stereocenters. The van der Waals surface area contributed by atoms with Gasteiger partial charge in [0.05, 0.1) is 0 Å². The predicted octanol–water partition coefficient (Wildman–Crippen LogP) is 2.37. The summed E-state index contributed by atoms with van der Waals surface area (Å²) in [6, 6.07) is 0. The zero-order chi connectivity index (χ0) is 7.11. The minimum absolute atomic E-state index is 0.346. The van der Waals surface area contributed by atoms with Gasteiger partial charge in [-0.3, -0.25) is 4.79 Å². The van der Waals surface area contributed by atoms with Crippen molar-refractivity contribution in [3.05, 3.63) is 0 Å². The van der Waals surface area contributed by atoms with Gasteiger partial charge in [-0.25, -0.2) is 0 Å². The topological polar surface area (TPSA) is 17.1 Å². The van der Waals surface area contributed by atoms with Gasteiger partial charge in [0, 0.05) is 18.7 Å². The molecule has 0 heterocycles. The smallest absolute Gasteiger partial charge is 0.132 e. The molecule has 0 aliphatic carbocycles. The number of hydrogen-bond donors (Lipinski definition) is 0. The molecule has 0 saturated heterocycles. The molecule has 54 valence electrons. The Hall–Kier alpha value is -0.0400. The van der Waals surface area contributed by atoms with Crippen molar-refractivity contribution in [3.8, 4) is 0 Å². The quantitative estimate of drug-likeness (QED) is 0.548. The minimum atomic E-state index is 0.346. The highest BCUT2D eigenvalue weighted by atomic mass is 35.5. The normalized spacial score (nSPS) is 9.56. The molecule has 2 heteroatoms. The first-order valence-corrected chi connectivity index (χ1v) is 3.92. The monoisotopic (exact) mass is 148 g/mol. The van der Waals surface area contributed by atoms with E-state index < -0.39 is 0 Å². The van der Waals surface area contributed by atoms with Crippen molar-refractivity contribution in [1.82, 2.24) is 0 Å². The van der Waals surface area contributed by atoms with Gasteiger partial charge >= 0.3 is 0 Å². The molecule has 0 spiro atoms. The van der Waals surface area contributed by atoms with Crippen molar-refractivity contribution in [2.24, 2.45) is 0 Å². The number of Topliss-reactive ketones (excluding diaryl/α,β-unsaturated/α-hetero) is 1. The first kappa shape index (κ1) is 8.96. The number of rotatable bonds is 5. The van der Waals surface area contributed by atoms with Crippen LogP contribution in [0.25, 0.3) is 0 Å². The van der Waals surface area contributed by atoms with Crippen molar-refractivity contribution in [3.63, 3.8) is 0 Å². The van der Waals surface area contributed by atoms with E-state index in [2.05, 4.69) is 0 Å². The predicted molar refractivity (Wildman–Crippen MR) is 39.9 cm³/mol. The lowest BCUT2D eigenvalue weighted by molar-refractivity contribution is -0.119.